The van der Waals surface area contributed by atoms with Crippen molar-refractivity contribution in [2.75, 3.05) is 36.4 Å². The summed E-state index contributed by atoms with van der Waals surface area (Å²) < 4.78 is 0. The Morgan fingerprint density at radius 1 is 1.03 bits per heavy atom. The van der Waals surface area contributed by atoms with E-state index in [0.717, 1.165) is 36.8 Å². The van der Waals surface area contributed by atoms with Crippen molar-refractivity contribution in [2.24, 2.45) is 0 Å². The minimum Gasteiger partial charge on any atom is -0.352 e. The highest BCUT2D eigenvalue weighted by molar-refractivity contribution is 7.19. The largest absolute Gasteiger partial charge is 0.352 e. The highest BCUT2D eigenvalue weighted by Gasteiger charge is 2.32. The molecular formula is C24H26ClN5OS. The molecule has 3 aliphatic rings. The number of benzene rings is 1. The van der Waals surface area contributed by atoms with E-state index in [4.69, 9.17) is 21.6 Å². The Hall–Kier alpha value is -2.38. The lowest BCUT2D eigenvalue weighted by Gasteiger charge is -2.36. The number of hydrogen-bond acceptors (Lipinski definition) is 5. The molecule has 1 N–H and O–H groups in total. The summed E-state index contributed by atoms with van der Waals surface area (Å²) in [6.07, 6.45) is 7.25. The molecule has 8 heteroatoms. The molecule has 1 saturated heterocycles. The maximum absolute atomic E-state index is 12.7. The minimum atomic E-state index is -0.0635. The van der Waals surface area contributed by atoms with Crippen molar-refractivity contribution < 1.29 is 4.79 Å². The van der Waals surface area contributed by atoms with Crippen molar-refractivity contribution in [1.82, 2.24) is 14.9 Å². The molecule has 2 fully saturated rings. The summed E-state index contributed by atoms with van der Waals surface area (Å²) >= 11 is 7.83. The van der Waals surface area contributed by atoms with Gasteiger partial charge in [0.2, 0.25) is 0 Å². The maximum Gasteiger partial charge on any atom is 0.321 e. The molecule has 2 aliphatic carbocycles. The number of halogens is 1. The molecule has 1 saturated carbocycles. The van der Waals surface area contributed by atoms with Crippen molar-refractivity contribution in [3.8, 4) is 0 Å². The monoisotopic (exact) mass is 467 g/mol. The van der Waals surface area contributed by atoms with Gasteiger partial charge in [0.1, 0.15) is 16.5 Å². The van der Waals surface area contributed by atoms with Crippen LogP contribution in [0.3, 0.4) is 0 Å². The molecule has 1 aromatic carbocycles. The first-order valence-electron chi connectivity index (χ1n) is 11.5. The molecule has 2 aromatic heterocycles. The van der Waals surface area contributed by atoms with Crippen LogP contribution in [0.4, 0.5) is 16.3 Å². The molecule has 0 spiro atoms. The second-order valence-corrected chi connectivity index (χ2v) is 10.5. The molecule has 3 aromatic rings. The highest BCUT2D eigenvalue weighted by atomic mass is 35.5. The molecule has 6 rings (SSSR count). The van der Waals surface area contributed by atoms with Crippen LogP contribution in [0.25, 0.3) is 10.2 Å². The first-order valence-corrected chi connectivity index (χ1v) is 12.7. The number of amides is 2. The Balaban J connectivity index is 1.23. The number of nitrogens with one attached hydrogen (secondary N) is 1. The lowest BCUT2D eigenvalue weighted by atomic mass is 9.97. The van der Waals surface area contributed by atoms with Crippen LogP contribution in [-0.2, 0) is 12.8 Å². The molecule has 3 heterocycles. The van der Waals surface area contributed by atoms with E-state index in [1.54, 1.807) is 12.1 Å². The second kappa shape index (κ2) is 8.19. The number of anilines is 2. The number of hydrogen-bond donors (Lipinski definition) is 1. The Morgan fingerprint density at radius 2 is 1.78 bits per heavy atom. The van der Waals surface area contributed by atoms with Crippen LogP contribution in [0.5, 0.6) is 0 Å². The van der Waals surface area contributed by atoms with Crippen molar-refractivity contribution >= 4 is 50.7 Å². The van der Waals surface area contributed by atoms with Gasteiger partial charge in [-0.15, -0.1) is 11.3 Å². The van der Waals surface area contributed by atoms with Gasteiger partial charge in [0.05, 0.1) is 5.39 Å². The average molecular weight is 468 g/mol. The number of piperazine rings is 1. The van der Waals surface area contributed by atoms with E-state index in [-0.39, 0.29) is 6.03 Å². The summed E-state index contributed by atoms with van der Waals surface area (Å²) in [5, 5.41) is 4.92. The first kappa shape index (κ1) is 20.2. The van der Waals surface area contributed by atoms with Crippen LogP contribution >= 0.6 is 22.9 Å². The third kappa shape index (κ3) is 3.82. The number of carbonyl (C=O) groups is 1. The smallest absolute Gasteiger partial charge is 0.321 e. The molecule has 166 valence electrons. The summed E-state index contributed by atoms with van der Waals surface area (Å²) in [5.74, 6) is 2.66. The second-order valence-electron chi connectivity index (χ2n) is 8.98. The highest BCUT2D eigenvalue weighted by Crippen LogP contribution is 2.44. The van der Waals surface area contributed by atoms with Gasteiger partial charge in [-0.1, -0.05) is 11.6 Å². The Morgan fingerprint density at radius 3 is 2.53 bits per heavy atom. The van der Waals surface area contributed by atoms with E-state index in [2.05, 4.69) is 10.2 Å². The van der Waals surface area contributed by atoms with Gasteiger partial charge in [-0.25, -0.2) is 14.8 Å². The molecular weight excluding hydrogens is 442 g/mol. The zero-order chi connectivity index (χ0) is 21.7. The standard InChI is InChI=1S/C24H26ClN5OS/c25-16-7-9-17(10-8-16)26-24(31)30-13-11-29(12-14-30)22-20-18-3-1-2-4-19(18)32-23(20)28-21(27-22)15-5-6-15/h7-10,15H,1-6,11-14H2,(H,26,31). The molecule has 2 amide bonds. The number of thiophene rings is 1. The van der Waals surface area contributed by atoms with Crippen LogP contribution < -0.4 is 10.2 Å². The molecule has 0 radical (unpaired) electrons. The van der Waals surface area contributed by atoms with Gasteiger partial charge in [-0.2, -0.15) is 0 Å². The summed E-state index contributed by atoms with van der Waals surface area (Å²) in [6, 6.07) is 7.16. The Bertz CT molecular complexity index is 1170. The van der Waals surface area contributed by atoms with Crippen LogP contribution in [0.15, 0.2) is 24.3 Å². The van der Waals surface area contributed by atoms with E-state index in [0.29, 0.717) is 24.0 Å². The van der Waals surface area contributed by atoms with Gasteiger partial charge in [0.25, 0.3) is 0 Å². The fraction of sp³-hybridized carbons (Fsp3) is 0.458. The first-order chi connectivity index (χ1) is 15.7. The van der Waals surface area contributed by atoms with E-state index >= 15 is 0 Å². The summed E-state index contributed by atoms with van der Waals surface area (Å²) in [4.78, 5) is 29.8. The molecule has 1 aliphatic heterocycles. The third-order valence-corrected chi connectivity index (χ3v) is 8.15. The van der Waals surface area contributed by atoms with Gasteiger partial charge in [0.15, 0.2) is 0 Å². The predicted octanol–water partition coefficient (Wildman–Crippen LogP) is 5.46. The number of carbonyl (C=O) groups excluding carboxylic acids is 1. The van der Waals surface area contributed by atoms with E-state index in [1.165, 1.54) is 52.8 Å². The number of rotatable bonds is 3. The summed E-state index contributed by atoms with van der Waals surface area (Å²) in [5.41, 5.74) is 2.25. The topological polar surface area (TPSA) is 61.4 Å². The third-order valence-electron chi connectivity index (χ3n) is 6.72. The number of fused-ring (bicyclic) bond motifs is 3. The molecule has 0 bridgehead atoms. The van der Waals surface area contributed by atoms with Crippen LogP contribution in [-0.4, -0.2) is 47.1 Å². The van der Waals surface area contributed by atoms with Crippen LogP contribution in [0.2, 0.25) is 5.02 Å². The average Bonchev–Trinajstić information content (AvgIpc) is 3.60. The van der Waals surface area contributed by atoms with Crippen LogP contribution in [0.1, 0.15) is 47.9 Å². The molecule has 6 nitrogen and oxygen atoms in total. The Kier molecular flexibility index (Phi) is 5.18. The summed E-state index contributed by atoms with van der Waals surface area (Å²) in [6.45, 7) is 2.93. The molecule has 0 atom stereocenters. The van der Waals surface area contributed by atoms with Crippen molar-refractivity contribution in [2.45, 2.75) is 44.4 Å². The lowest BCUT2D eigenvalue weighted by molar-refractivity contribution is 0.208. The number of nitrogens with zero attached hydrogens (tertiary/aromatic N) is 4. The maximum atomic E-state index is 12.7. The van der Waals surface area contributed by atoms with E-state index < -0.39 is 0 Å². The quantitative estimate of drug-likeness (QED) is 0.556. The fourth-order valence-electron chi connectivity index (χ4n) is 4.76. The number of aryl methyl sites for hydroxylation is 2. The van der Waals surface area contributed by atoms with Gasteiger partial charge in [-0.05, 0) is 68.4 Å². The SMILES string of the molecule is O=C(Nc1ccc(Cl)cc1)N1CCN(c2nc(C3CC3)nc3sc4c(c23)CCCC4)CC1. The van der Waals surface area contributed by atoms with Crippen LogP contribution in [0, 0.1) is 0 Å². The molecule has 0 unspecified atom stereocenters. The van der Waals surface area contributed by atoms with Crippen molar-refractivity contribution in [1.29, 1.82) is 0 Å². The van der Waals surface area contributed by atoms with Gasteiger partial charge < -0.3 is 15.1 Å². The number of urea groups is 1. The summed E-state index contributed by atoms with van der Waals surface area (Å²) in [7, 11) is 0. The van der Waals surface area contributed by atoms with Crippen molar-refractivity contribution in [3.63, 3.8) is 0 Å². The van der Waals surface area contributed by atoms with Gasteiger partial charge in [-0.3, -0.25) is 0 Å². The molecule has 32 heavy (non-hydrogen) atoms. The minimum absolute atomic E-state index is 0.0635. The van der Waals surface area contributed by atoms with Gasteiger partial charge >= 0.3 is 6.03 Å². The zero-order valence-corrected chi connectivity index (χ0v) is 19.5. The predicted molar refractivity (Wildman–Crippen MR) is 130 cm³/mol. The van der Waals surface area contributed by atoms with Crippen molar-refractivity contribution in [3.05, 3.63) is 45.6 Å². The lowest BCUT2D eigenvalue weighted by Crippen LogP contribution is -2.50. The normalized spacial score (nSPS) is 18.7. The Labute approximate surface area is 196 Å². The van der Waals surface area contributed by atoms with E-state index in [1.807, 2.05) is 28.4 Å². The fourth-order valence-corrected chi connectivity index (χ4v) is 6.15. The van der Waals surface area contributed by atoms with Gasteiger partial charge in [0, 0.05) is 47.7 Å². The van der Waals surface area contributed by atoms with E-state index in [9.17, 15) is 4.79 Å². The number of aromatic nitrogens is 2. The zero-order valence-electron chi connectivity index (χ0n) is 17.9.